The van der Waals surface area contributed by atoms with Gasteiger partial charge in [0.1, 0.15) is 0 Å². The molecule has 2 unspecified atom stereocenters. The van der Waals surface area contributed by atoms with Crippen molar-refractivity contribution < 1.29 is 23.1 Å². The van der Waals surface area contributed by atoms with E-state index in [4.69, 9.17) is 9.84 Å². The smallest absolute Gasteiger partial charge is 0.307 e. The van der Waals surface area contributed by atoms with Crippen LogP contribution in [0.5, 0.6) is 0 Å². The molecular weight excluding hydrogens is 208 g/mol. The molecule has 6 heteroatoms. The maximum absolute atomic E-state index is 11.5. The molecule has 0 amide bonds. The first-order valence-electron chi connectivity index (χ1n) is 4.24. The lowest BCUT2D eigenvalue weighted by atomic mass is 10.2. The number of rotatable bonds is 6. The fourth-order valence-corrected chi connectivity index (χ4v) is 2.43. The number of carbonyl (C=O) groups is 1. The van der Waals surface area contributed by atoms with Crippen molar-refractivity contribution in [2.45, 2.75) is 19.1 Å². The van der Waals surface area contributed by atoms with Gasteiger partial charge in [0.25, 0.3) is 0 Å². The van der Waals surface area contributed by atoms with Gasteiger partial charge in [-0.3, -0.25) is 4.79 Å². The van der Waals surface area contributed by atoms with Crippen LogP contribution in [-0.4, -0.2) is 44.2 Å². The van der Waals surface area contributed by atoms with E-state index >= 15 is 0 Å². The van der Waals surface area contributed by atoms with Crippen LogP contribution in [-0.2, 0) is 19.4 Å². The van der Waals surface area contributed by atoms with Gasteiger partial charge in [-0.15, -0.1) is 0 Å². The molecule has 1 N–H and O–H groups in total. The standard InChI is InChI=1S/C8H16O5S/c1-6(8(9)10)5-14(11,12)7(2)4-13-3/h6-7H,4-5H2,1-3H3,(H,9,10). The highest BCUT2D eigenvalue weighted by molar-refractivity contribution is 7.92. The summed E-state index contributed by atoms with van der Waals surface area (Å²) in [6, 6.07) is 0. The van der Waals surface area contributed by atoms with Crippen LogP contribution in [0.4, 0.5) is 0 Å². The quantitative estimate of drug-likeness (QED) is 0.695. The SMILES string of the molecule is COCC(C)S(=O)(=O)CC(C)C(=O)O. The number of carboxylic acid groups (broad SMARTS) is 1. The molecule has 0 aromatic heterocycles. The van der Waals surface area contributed by atoms with Gasteiger partial charge in [-0.1, -0.05) is 6.92 Å². The summed E-state index contributed by atoms with van der Waals surface area (Å²) >= 11 is 0. The van der Waals surface area contributed by atoms with Gasteiger partial charge in [-0.25, -0.2) is 8.42 Å². The monoisotopic (exact) mass is 224 g/mol. The minimum absolute atomic E-state index is 0.0919. The molecule has 5 nitrogen and oxygen atoms in total. The summed E-state index contributed by atoms with van der Waals surface area (Å²) in [7, 11) is -1.96. The van der Waals surface area contributed by atoms with Crippen molar-refractivity contribution in [2.24, 2.45) is 5.92 Å². The zero-order valence-corrected chi connectivity index (χ0v) is 9.37. The van der Waals surface area contributed by atoms with Gasteiger partial charge in [-0.2, -0.15) is 0 Å². The third kappa shape index (κ3) is 4.06. The van der Waals surface area contributed by atoms with E-state index in [1.807, 2.05) is 0 Å². The average Bonchev–Trinajstić information content (AvgIpc) is 2.03. The Morgan fingerprint density at radius 2 is 1.93 bits per heavy atom. The summed E-state index contributed by atoms with van der Waals surface area (Å²) < 4.78 is 27.7. The van der Waals surface area contributed by atoms with Crippen molar-refractivity contribution in [3.63, 3.8) is 0 Å². The molecule has 0 aliphatic heterocycles. The van der Waals surface area contributed by atoms with Crippen LogP contribution in [0.25, 0.3) is 0 Å². The van der Waals surface area contributed by atoms with Crippen molar-refractivity contribution in [3.05, 3.63) is 0 Å². The number of hydrogen-bond acceptors (Lipinski definition) is 4. The molecule has 0 spiro atoms. The minimum atomic E-state index is -3.37. The topological polar surface area (TPSA) is 80.7 Å². The van der Waals surface area contributed by atoms with E-state index in [9.17, 15) is 13.2 Å². The molecular formula is C8H16O5S. The number of methoxy groups -OCH3 is 1. The normalized spacial score (nSPS) is 16.2. The number of carboxylic acids is 1. The molecule has 0 aliphatic rings. The van der Waals surface area contributed by atoms with Crippen molar-refractivity contribution in [2.75, 3.05) is 19.5 Å². The summed E-state index contributed by atoms with van der Waals surface area (Å²) in [4.78, 5) is 10.5. The van der Waals surface area contributed by atoms with Crippen molar-refractivity contribution in [1.82, 2.24) is 0 Å². The van der Waals surface area contributed by atoms with Crippen molar-refractivity contribution in [1.29, 1.82) is 0 Å². The Morgan fingerprint density at radius 3 is 2.29 bits per heavy atom. The van der Waals surface area contributed by atoms with Gasteiger partial charge in [0.2, 0.25) is 0 Å². The van der Waals surface area contributed by atoms with E-state index in [0.717, 1.165) is 0 Å². The second kappa shape index (κ2) is 5.31. The van der Waals surface area contributed by atoms with Crippen LogP contribution >= 0.6 is 0 Å². The average molecular weight is 224 g/mol. The van der Waals surface area contributed by atoms with Crippen LogP contribution < -0.4 is 0 Å². The number of sulfone groups is 1. The fourth-order valence-electron chi connectivity index (χ4n) is 0.922. The number of ether oxygens (including phenoxy) is 1. The van der Waals surface area contributed by atoms with Gasteiger partial charge in [0.05, 0.1) is 23.5 Å². The summed E-state index contributed by atoms with van der Waals surface area (Å²) in [5, 5.41) is 7.90. The van der Waals surface area contributed by atoms with Crippen LogP contribution in [0, 0.1) is 5.92 Å². The summed E-state index contributed by atoms with van der Waals surface area (Å²) in [5.74, 6) is -2.31. The van der Waals surface area contributed by atoms with Gasteiger partial charge in [0.15, 0.2) is 9.84 Å². The Balaban J connectivity index is 4.41. The molecule has 0 saturated carbocycles. The third-order valence-corrected chi connectivity index (χ3v) is 4.25. The third-order valence-electron chi connectivity index (χ3n) is 1.92. The Kier molecular flexibility index (Phi) is 5.07. The lowest BCUT2D eigenvalue weighted by Gasteiger charge is -2.13. The van der Waals surface area contributed by atoms with Gasteiger partial charge in [0, 0.05) is 7.11 Å². The molecule has 2 atom stereocenters. The Labute approximate surface area is 84.0 Å². The lowest BCUT2D eigenvalue weighted by molar-refractivity contribution is -0.140. The fraction of sp³-hybridized carbons (Fsp3) is 0.875. The van der Waals surface area contributed by atoms with Gasteiger partial charge in [-0.05, 0) is 6.92 Å². The van der Waals surface area contributed by atoms with Crippen LogP contribution in [0.2, 0.25) is 0 Å². The van der Waals surface area contributed by atoms with Crippen LogP contribution in [0.3, 0.4) is 0 Å². The molecule has 0 bridgehead atoms. The molecule has 0 aromatic carbocycles. The second-order valence-corrected chi connectivity index (χ2v) is 5.80. The minimum Gasteiger partial charge on any atom is -0.481 e. The maximum Gasteiger partial charge on any atom is 0.307 e. The molecule has 0 rings (SSSR count). The van der Waals surface area contributed by atoms with Crippen LogP contribution in [0.1, 0.15) is 13.8 Å². The Hall–Kier alpha value is -0.620. The van der Waals surface area contributed by atoms with E-state index in [1.54, 1.807) is 0 Å². The zero-order chi connectivity index (χ0) is 11.4. The van der Waals surface area contributed by atoms with Gasteiger partial charge >= 0.3 is 5.97 Å². The zero-order valence-electron chi connectivity index (χ0n) is 8.56. The predicted octanol–water partition coefficient (Wildman–Crippen LogP) is 0.157. The van der Waals surface area contributed by atoms with Crippen molar-refractivity contribution in [3.8, 4) is 0 Å². The van der Waals surface area contributed by atoms with Crippen molar-refractivity contribution >= 4 is 15.8 Å². The Morgan fingerprint density at radius 1 is 1.43 bits per heavy atom. The predicted molar refractivity (Wildman–Crippen MR) is 51.9 cm³/mol. The molecule has 84 valence electrons. The second-order valence-electron chi connectivity index (χ2n) is 3.33. The summed E-state index contributed by atoms with van der Waals surface area (Å²) in [5.41, 5.74) is 0. The van der Waals surface area contributed by atoms with Crippen LogP contribution in [0.15, 0.2) is 0 Å². The number of aliphatic carboxylic acids is 1. The first-order chi connectivity index (χ1) is 6.31. The molecule has 0 fully saturated rings. The van der Waals surface area contributed by atoms with Gasteiger partial charge < -0.3 is 9.84 Å². The highest BCUT2D eigenvalue weighted by Crippen LogP contribution is 2.08. The molecule has 14 heavy (non-hydrogen) atoms. The highest BCUT2D eigenvalue weighted by Gasteiger charge is 2.26. The Bertz CT molecular complexity index is 282. The molecule has 0 heterocycles. The molecule has 0 aliphatic carbocycles. The maximum atomic E-state index is 11.5. The molecule has 0 saturated heterocycles. The first kappa shape index (κ1) is 13.4. The largest absolute Gasteiger partial charge is 0.481 e. The van der Waals surface area contributed by atoms with E-state index in [2.05, 4.69) is 0 Å². The van der Waals surface area contributed by atoms with E-state index in [1.165, 1.54) is 21.0 Å². The van der Waals surface area contributed by atoms with E-state index in [-0.39, 0.29) is 12.4 Å². The molecule has 0 aromatic rings. The lowest BCUT2D eigenvalue weighted by Crippen LogP contribution is -2.30. The first-order valence-corrected chi connectivity index (χ1v) is 5.96. The summed E-state index contributed by atoms with van der Waals surface area (Å²) in [6.45, 7) is 2.97. The van der Waals surface area contributed by atoms with E-state index in [0.29, 0.717) is 0 Å². The summed E-state index contributed by atoms with van der Waals surface area (Å²) in [6.07, 6.45) is 0. The number of hydrogen-bond donors (Lipinski definition) is 1. The highest BCUT2D eigenvalue weighted by atomic mass is 32.2. The van der Waals surface area contributed by atoms with E-state index < -0.39 is 27.0 Å². The molecule has 0 radical (unpaired) electrons.